The fraction of sp³-hybridized carbons (Fsp3) is 0.500. The highest BCUT2D eigenvalue weighted by molar-refractivity contribution is 8.00. The lowest BCUT2D eigenvalue weighted by atomic mass is 10.3. The van der Waals surface area contributed by atoms with Gasteiger partial charge < -0.3 is 4.74 Å². The quantitative estimate of drug-likeness (QED) is 0.785. The van der Waals surface area contributed by atoms with Crippen molar-refractivity contribution in [3.05, 3.63) is 30.3 Å². The monoisotopic (exact) mass is 240 g/mol. The van der Waals surface area contributed by atoms with E-state index in [1.165, 1.54) is 17.9 Å². The number of benzene rings is 1. The first-order valence-electron chi connectivity index (χ1n) is 5.32. The van der Waals surface area contributed by atoms with E-state index in [1.54, 1.807) is 0 Å². The van der Waals surface area contributed by atoms with Crippen LogP contribution in [0.4, 0.5) is 0 Å². The van der Waals surface area contributed by atoms with E-state index in [0.29, 0.717) is 6.10 Å². The van der Waals surface area contributed by atoms with Crippen LogP contribution in [-0.4, -0.2) is 29.1 Å². The van der Waals surface area contributed by atoms with Gasteiger partial charge in [-0.15, -0.1) is 0 Å². The van der Waals surface area contributed by atoms with Crippen LogP contribution >= 0.6 is 23.5 Å². The molecule has 2 rings (SSSR count). The lowest BCUT2D eigenvalue weighted by molar-refractivity contribution is 0.251. The Hall–Kier alpha value is -0.280. The van der Waals surface area contributed by atoms with Crippen molar-refractivity contribution in [1.82, 2.24) is 0 Å². The topological polar surface area (TPSA) is 9.23 Å². The van der Waals surface area contributed by atoms with Gasteiger partial charge in [-0.05, 0) is 30.1 Å². The number of para-hydroxylation sites is 1. The van der Waals surface area contributed by atoms with E-state index >= 15 is 0 Å². The molecule has 1 nitrogen and oxygen atoms in total. The largest absolute Gasteiger partial charge is 0.489 e. The van der Waals surface area contributed by atoms with Crippen LogP contribution in [0, 0.1) is 0 Å². The zero-order valence-corrected chi connectivity index (χ0v) is 10.4. The molecule has 0 aromatic heterocycles. The minimum Gasteiger partial charge on any atom is -0.489 e. The summed E-state index contributed by atoms with van der Waals surface area (Å²) in [5, 5.41) is 0. The molecule has 1 saturated heterocycles. The predicted octanol–water partition coefficient (Wildman–Crippen LogP) is 3.30. The smallest absolute Gasteiger partial charge is 0.119 e. The van der Waals surface area contributed by atoms with E-state index in [1.807, 2.05) is 53.9 Å². The standard InChI is InChI=1S/C12H16OS2/c1-2-5-11(6-3-1)13-12-9-14-7-4-8-15-10-12/h1-3,5-6,12H,4,7-10H2. The van der Waals surface area contributed by atoms with Crippen LogP contribution in [-0.2, 0) is 0 Å². The van der Waals surface area contributed by atoms with Crippen LogP contribution in [0.3, 0.4) is 0 Å². The van der Waals surface area contributed by atoms with Gasteiger partial charge in [0.25, 0.3) is 0 Å². The summed E-state index contributed by atoms with van der Waals surface area (Å²) in [6.07, 6.45) is 1.72. The molecule has 0 N–H and O–H groups in total. The predicted molar refractivity (Wildman–Crippen MR) is 70.1 cm³/mol. The zero-order chi connectivity index (χ0) is 10.3. The molecule has 0 amide bonds. The lowest BCUT2D eigenvalue weighted by Gasteiger charge is -2.20. The third-order valence-electron chi connectivity index (χ3n) is 2.23. The minimum absolute atomic E-state index is 0.377. The van der Waals surface area contributed by atoms with Crippen molar-refractivity contribution in [2.45, 2.75) is 12.5 Å². The summed E-state index contributed by atoms with van der Waals surface area (Å²) in [6, 6.07) is 10.1. The summed E-state index contributed by atoms with van der Waals surface area (Å²) in [5.74, 6) is 5.82. The van der Waals surface area contributed by atoms with Gasteiger partial charge in [0.2, 0.25) is 0 Å². The second-order valence-electron chi connectivity index (χ2n) is 3.56. The number of rotatable bonds is 2. The summed E-state index contributed by atoms with van der Waals surface area (Å²) < 4.78 is 5.95. The van der Waals surface area contributed by atoms with Crippen molar-refractivity contribution in [1.29, 1.82) is 0 Å². The number of thioether (sulfide) groups is 2. The van der Waals surface area contributed by atoms with Crippen LogP contribution < -0.4 is 4.74 Å². The fourth-order valence-electron chi connectivity index (χ4n) is 1.50. The number of hydrogen-bond donors (Lipinski definition) is 0. The average molecular weight is 240 g/mol. The number of ether oxygens (including phenoxy) is 1. The molecule has 0 radical (unpaired) electrons. The molecular formula is C12H16OS2. The highest BCUT2D eigenvalue weighted by Gasteiger charge is 2.12. The van der Waals surface area contributed by atoms with E-state index in [0.717, 1.165) is 17.3 Å². The van der Waals surface area contributed by atoms with Gasteiger partial charge in [0.15, 0.2) is 0 Å². The Balaban J connectivity index is 1.86. The van der Waals surface area contributed by atoms with Gasteiger partial charge in [-0.3, -0.25) is 0 Å². The van der Waals surface area contributed by atoms with Crippen LogP contribution in [0.25, 0.3) is 0 Å². The maximum absolute atomic E-state index is 5.95. The molecule has 0 spiro atoms. The molecular weight excluding hydrogens is 224 g/mol. The minimum atomic E-state index is 0.377. The molecule has 3 heteroatoms. The Labute approximate surface area is 100.0 Å². The van der Waals surface area contributed by atoms with Gasteiger partial charge in [-0.25, -0.2) is 0 Å². The third kappa shape index (κ3) is 3.99. The number of hydrogen-bond acceptors (Lipinski definition) is 3. The van der Waals surface area contributed by atoms with Crippen molar-refractivity contribution in [2.75, 3.05) is 23.0 Å². The lowest BCUT2D eigenvalue weighted by Crippen LogP contribution is -2.24. The summed E-state index contributed by atoms with van der Waals surface area (Å²) in [7, 11) is 0. The molecule has 1 fully saturated rings. The van der Waals surface area contributed by atoms with E-state index in [-0.39, 0.29) is 0 Å². The second kappa shape index (κ2) is 6.33. The van der Waals surface area contributed by atoms with Gasteiger partial charge in [0, 0.05) is 11.5 Å². The van der Waals surface area contributed by atoms with Crippen LogP contribution in [0.5, 0.6) is 5.75 Å². The fourth-order valence-corrected chi connectivity index (χ4v) is 3.76. The third-order valence-corrected chi connectivity index (χ3v) is 4.60. The summed E-state index contributed by atoms with van der Waals surface area (Å²) >= 11 is 4.04. The molecule has 82 valence electrons. The molecule has 15 heavy (non-hydrogen) atoms. The Kier molecular flexibility index (Phi) is 4.74. The van der Waals surface area contributed by atoms with E-state index in [4.69, 9.17) is 4.74 Å². The Morgan fingerprint density at radius 3 is 2.33 bits per heavy atom. The molecule has 0 aliphatic carbocycles. The van der Waals surface area contributed by atoms with E-state index in [9.17, 15) is 0 Å². The summed E-state index contributed by atoms with van der Waals surface area (Å²) in [4.78, 5) is 0. The normalized spacial score (nSPS) is 19.2. The second-order valence-corrected chi connectivity index (χ2v) is 5.86. The van der Waals surface area contributed by atoms with Crippen molar-refractivity contribution in [3.8, 4) is 5.75 Å². The maximum Gasteiger partial charge on any atom is 0.119 e. The summed E-state index contributed by atoms with van der Waals surface area (Å²) in [5.41, 5.74) is 0. The highest BCUT2D eigenvalue weighted by Crippen LogP contribution is 2.20. The highest BCUT2D eigenvalue weighted by atomic mass is 32.2. The molecule has 0 bridgehead atoms. The first kappa shape index (κ1) is 11.2. The van der Waals surface area contributed by atoms with Crippen LogP contribution in [0.1, 0.15) is 6.42 Å². The molecule has 1 aliphatic rings. The molecule has 0 unspecified atom stereocenters. The molecule has 1 heterocycles. The van der Waals surface area contributed by atoms with Gasteiger partial charge >= 0.3 is 0 Å². The molecule has 1 aromatic rings. The van der Waals surface area contributed by atoms with E-state index in [2.05, 4.69) is 0 Å². The van der Waals surface area contributed by atoms with Crippen molar-refractivity contribution in [3.63, 3.8) is 0 Å². The molecule has 0 atom stereocenters. The van der Waals surface area contributed by atoms with Gasteiger partial charge in [0.05, 0.1) is 0 Å². The van der Waals surface area contributed by atoms with Crippen molar-refractivity contribution < 1.29 is 4.74 Å². The molecule has 0 saturated carbocycles. The Morgan fingerprint density at radius 1 is 1.00 bits per heavy atom. The molecule has 1 aliphatic heterocycles. The van der Waals surface area contributed by atoms with Gasteiger partial charge in [-0.2, -0.15) is 23.5 Å². The van der Waals surface area contributed by atoms with Crippen molar-refractivity contribution >= 4 is 23.5 Å². The molecule has 1 aromatic carbocycles. The van der Waals surface area contributed by atoms with Crippen molar-refractivity contribution in [2.24, 2.45) is 0 Å². The first-order chi connectivity index (χ1) is 7.45. The average Bonchev–Trinajstić information content (AvgIpc) is 2.23. The Morgan fingerprint density at radius 2 is 1.67 bits per heavy atom. The SMILES string of the molecule is c1ccc(OC2CSCCCSC2)cc1. The van der Waals surface area contributed by atoms with E-state index < -0.39 is 0 Å². The summed E-state index contributed by atoms with van der Waals surface area (Å²) in [6.45, 7) is 0. The van der Waals surface area contributed by atoms with Gasteiger partial charge in [0.1, 0.15) is 11.9 Å². The van der Waals surface area contributed by atoms with Crippen LogP contribution in [0.2, 0.25) is 0 Å². The maximum atomic E-state index is 5.95. The first-order valence-corrected chi connectivity index (χ1v) is 7.63. The Bertz CT molecular complexity index is 268. The zero-order valence-electron chi connectivity index (χ0n) is 8.72. The van der Waals surface area contributed by atoms with Gasteiger partial charge in [-0.1, -0.05) is 18.2 Å². The van der Waals surface area contributed by atoms with Crippen LogP contribution in [0.15, 0.2) is 30.3 Å².